The lowest BCUT2D eigenvalue weighted by atomic mass is 10.1. The first-order valence-corrected chi connectivity index (χ1v) is 9.48. The number of carbonyl (C=O) groups is 1. The summed E-state index contributed by atoms with van der Waals surface area (Å²) in [5.41, 5.74) is 1.42. The topological polar surface area (TPSA) is 90.0 Å². The van der Waals surface area contributed by atoms with Gasteiger partial charge < -0.3 is 14.6 Å². The molecule has 0 N–H and O–H groups in total. The van der Waals surface area contributed by atoms with Crippen LogP contribution >= 0.6 is 0 Å². The van der Waals surface area contributed by atoms with Gasteiger partial charge in [-0.3, -0.25) is 4.90 Å². The van der Waals surface area contributed by atoms with Crippen LogP contribution in [0.25, 0.3) is 0 Å². The van der Waals surface area contributed by atoms with Crippen molar-refractivity contribution in [3.63, 3.8) is 0 Å². The van der Waals surface area contributed by atoms with Crippen molar-refractivity contribution in [2.75, 3.05) is 26.1 Å². The molecule has 27 heavy (non-hydrogen) atoms. The first kappa shape index (κ1) is 20.5. The Hall–Kier alpha value is -2.84. The molecule has 0 aliphatic heterocycles. The molecule has 0 aliphatic carbocycles. The molecule has 2 rings (SSSR count). The number of benzene rings is 2. The number of nitrogens with zero attached hydrogens (tertiary/aromatic N) is 2. The van der Waals surface area contributed by atoms with Gasteiger partial charge in [0.05, 0.1) is 17.7 Å². The van der Waals surface area contributed by atoms with Gasteiger partial charge in [-0.15, -0.1) is 6.58 Å². The van der Waals surface area contributed by atoms with E-state index in [9.17, 15) is 18.3 Å². The van der Waals surface area contributed by atoms with Gasteiger partial charge in [-0.25, -0.2) is 12.7 Å². The van der Waals surface area contributed by atoms with Crippen molar-refractivity contribution in [3.8, 4) is 5.75 Å². The maximum atomic E-state index is 12.2. The van der Waals surface area contributed by atoms with Gasteiger partial charge in [-0.1, -0.05) is 12.1 Å². The van der Waals surface area contributed by atoms with E-state index in [1.165, 1.54) is 45.5 Å². The van der Waals surface area contributed by atoms with Crippen molar-refractivity contribution in [2.45, 2.75) is 11.3 Å². The van der Waals surface area contributed by atoms with Crippen LogP contribution in [0.5, 0.6) is 5.75 Å². The van der Waals surface area contributed by atoms with E-state index in [4.69, 9.17) is 4.74 Å². The fourth-order valence-corrected chi connectivity index (χ4v) is 3.42. The molecule has 2 aromatic rings. The number of methoxy groups -OCH3 is 1. The van der Waals surface area contributed by atoms with Crippen LogP contribution in [-0.4, -0.2) is 40.0 Å². The summed E-state index contributed by atoms with van der Waals surface area (Å²) < 4.78 is 30.8. The molecule has 8 heteroatoms. The predicted octanol–water partition coefficient (Wildman–Crippen LogP) is 2.16. The van der Waals surface area contributed by atoms with Crippen LogP contribution in [-0.2, 0) is 16.4 Å². The van der Waals surface area contributed by atoms with Gasteiger partial charge in [-0.05, 0) is 48.4 Å². The van der Waals surface area contributed by atoms with Crippen LogP contribution in [0.15, 0.2) is 60.0 Å². The second kappa shape index (κ2) is 8.24. The molecule has 0 heterocycles. The number of allylic oxidation sites excluding steroid dienone is 1. The summed E-state index contributed by atoms with van der Waals surface area (Å²) in [5.74, 6) is 0.350. The Morgan fingerprint density at radius 3 is 2.30 bits per heavy atom. The Morgan fingerprint density at radius 1 is 1.19 bits per heavy atom. The number of carbonyl (C=O) groups excluding carboxylic acids is 1. The summed E-state index contributed by atoms with van der Waals surface area (Å²) in [6.07, 6.45) is 0.876. The van der Waals surface area contributed by atoms with Gasteiger partial charge >= 0.3 is 0 Å². The summed E-state index contributed by atoms with van der Waals surface area (Å²) >= 11 is 0. The minimum atomic E-state index is -3.61. The number of hydrogen-bond donors (Lipinski definition) is 0. The molecule has 0 radical (unpaired) electrons. The van der Waals surface area contributed by atoms with Crippen molar-refractivity contribution in [1.82, 2.24) is 4.31 Å². The third-order valence-electron chi connectivity index (χ3n) is 3.92. The highest BCUT2D eigenvalue weighted by atomic mass is 32.2. The normalized spacial score (nSPS) is 11.3. The highest BCUT2D eigenvalue weighted by Crippen LogP contribution is 2.35. The lowest BCUT2D eigenvalue weighted by Crippen LogP contribution is -2.38. The van der Waals surface area contributed by atoms with Gasteiger partial charge in [-0.2, -0.15) is 0 Å². The molecule has 0 saturated carbocycles. The number of anilines is 2. The first-order valence-electron chi connectivity index (χ1n) is 8.04. The molecule has 0 fully saturated rings. The number of sulfonamides is 1. The average Bonchev–Trinajstić information content (AvgIpc) is 2.63. The highest BCUT2D eigenvalue weighted by Gasteiger charge is 2.20. The minimum Gasteiger partial charge on any atom is -0.529 e. The lowest BCUT2D eigenvalue weighted by Gasteiger charge is -2.27. The van der Waals surface area contributed by atoms with Gasteiger partial charge in [0.1, 0.15) is 11.8 Å². The molecular formula is C19H21N2O5S-. The van der Waals surface area contributed by atoms with Crippen molar-refractivity contribution in [3.05, 3.63) is 60.7 Å². The third-order valence-corrected chi connectivity index (χ3v) is 5.75. The number of ether oxygens (including phenoxy) is 1. The molecule has 0 unspecified atom stereocenters. The average molecular weight is 389 g/mol. The van der Waals surface area contributed by atoms with Gasteiger partial charge in [0, 0.05) is 19.8 Å². The van der Waals surface area contributed by atoms with E-state index in [2.05, 4.69) is 6.58 Å². The monoisotopic (exact) mass is 389 g/mol. The molecule has 0 aromatic heterocycles. The zero-order chi connectivity index (χ0) is 20.2. The number of carboxylic acid groups (broad SMARTS) is 1. The summed E-state index contributed by atoms with van der Waals surface area (Å²) in [7, 11) is 0.676. The van der Waals surface area contributed by atoms with E-state index in [0.717, 1.165) is 14.8 Å². The number of rotatable bonds is 7. The zero-order valence-corrected chi connectivity index (χ0v) is 16.2. The third kappa shape index (κ3) is 4.29. The van der Waals surface area contributed by atoms with Crippen LogP contribution < -0.4 is 14.7 Å². The largest absolute Gasteiger partial charge is 0.529 e. The van der Waals surface area contributed by atoms with Crippen LogP contribution in [0, 0.1) is 0 Å². The summed E-state index contributed by atoms with van der Waals surface area (Å²) in [4.78, 5) is 12.8. The summed E-state index contributed by atoms with van der Waals surface area (Å²) in [5, 5.41) is 11.8. The lowest BCUT2D eigenvalue weighted by molar-refractivity contribution is -0.245. The smallest absolute Gasteiger partial charge is 0.242 e. The Balaban J connectivity index is 2.50. The van der Waals surface area contributed by atoms with E-state index >= 15 is 0 Å². The Labute approximate surface area is 159 Å². The van der Waals surface area contributed by atoms with Crippen LogP contribution in [0.3, 0.4) is 0 Å². The van der Waals surface area contributed by atoms with Crippen LogP contribution in [0.4, 0.5) is 16.2 Å². The van der Waals surface area contributed by atoms with Gasteiger partial charge in [0.15, 0.2) is 0 Å². The van der Waals surface area contributed by atoms with E-state index in [1.807, 2.05) is 0 Å². The van der Waals surface area contributed by atoms with Crippen molar-refractivity contribution < 1.29 is 23.1 Å². The maximum Gasteiger partial charge on any atom is 0.242 e. The van der Waals surface area contributed by atoms with Crippen LogP contribution in [0.2, 0.25) is 0 Å². The first-order chi connectivity index (χ1) is 12.7. The fraction of sp³-hybridized carbons (Fsp3) is 0.211. The van der Waals surface area contributed by atoms with E-state index in [0.29, 0.717) is 12.2 Å². The molecule has 144 valence electrons. The molecule has 0 saturated heterocycles. The van der Waals surface area contributed by atoms with Crippen LogP contribution in [0.1, 0.15) is 5.56 Å². The molecule has 0 spiro atoms. The predicted molar refractivity (Wildman–Crippen MR) is 102 cm³/mol. The molecular weight excluding hydrogens is 368 g/mol. The molecule has 7 nitrogen and oxygen atoms in total. The zero-order valence-electron chi connectivity index (χ0n) is 15.4. The van der Waals surface area contributed by atoms with Gasteiger partial charge in [0.25, 0.3) is 0 Å². The van der Waals surface area contributed by atoms with Gasteiger partial charge in [0.2, 0.25) is 10.0 Å². The van der Waals surface area contributed by atoms with E-state index in [1.54, 1.807) is 24.3 Å². The molecule has 2 aromatic carbocycles. The standard InChI is InChI=1S/C19H22N2O5S/c1-5-6-14-7-12-17(18(13-14)26-4)21(19(22)23)15-8-10-16(11-9-15)27(24,25)20(2)3/h5,7-13H,1,6H2,2-4H3,(H,22,23)/p-1. The molecule has 1 amide bonds. The molecule has 0 bridgehead atoms. The van der Waals surface area contributed by atoms with Crippen molar-refractivity contribution in [2.24, 2.45) is 0 Å². The SMILES string of the molecule is C=CCc1ccc(N(C(=O)[O-])c2ccc(S(=O)(=O)N(C)C)cc2)c(OC)c1. The highest BCUT2D eigenvalue weighted by molar-refractivity contribution is 7.89. The summed E-state index contributed by atoms with van der Waals surface area (Å²) in [6, 6.07) is 10.6. The summed E-state index contributed by atoms with van der Waals surface area (Å²) in [6.45, 7) is 3.68. The van der Waals surface area contributed by atoms with E-state index in [-0.39, 0.29) is 16.3 Å². The van der Waals surface area contributed by atoms with Crippen molar-refractivity contribution >= 4 is 27.5 Å². The Bertz CT molecular complexity index is 937. The van der Waals surface area contributed by atoms with Crippen molar-refractivity contribution in [1.29, 1.82) is 0 Å². The Kier molecular flexibility index (Phi) is 6.24. The molecule has 0 atom stereocenters. The maximum absolute atomic E-state index is 12.2. The second-order valence-electron chi connectivity index (χ2n) is 5.88. The number of amides is 1. The molecule has 0 aliphatic rings. The quantitative estimate of drug-likeness (QED) is 0.677. The number of hydrogen-bond acceptors (Lipinski definition) is 5. The fourth-order valence-electron chi connectivity index (χ4n) is 2.52. The second-order valence-corrected chi connectivity index (χ2v) is 8.03. The Morgan fingerprint density at radius 2 is 1.81 bits per heavy atom. The minimum absolute atomic E-state index is 0.0582. The van der Waals surface area contributed by atoms with E-state index < -0.39 is 16.1 Å².